The maximum Gasteiger partial charge on any atom is 0.234 e. The molecule has 0 saturated carbocycles. The number of ether oxygens (including phenoxy) is 1. The lowest BCUT2D eigenvalue weighted by atomic mass is 9.63. The number of hydrogen-bond acceptors (Lipinski definition) is 3. The Bertz CT molecular complexity index is 513. The lowest BCUT2D eigenvalue weighted by molar-refractivity contribution is -0.142. The predicted molar refractivity (Wildman–Crippen MR) is 69.4 cm³/mol. The molecule has 0 aliphatic carbocycles. The normalized spacial score (nSPS) is 34.6. The van der Waals surface area contributed by atoms with E-state index in [1.165, 1.54) is 0 Å². The highest BCUT2D eigenvalue weighted by Gasteiger charge is 2.55. The van der Waals surface area contributed by atoms with Crippen LogP contribution in [0.1, 0.15) is 31.2 Å². The summed E-state index contributed by atoms with van der Waals surface area (Å²) >= 11 is 0. The number of carbonyl (C=O) groups is 2. The van der Waals surface area contributed by atoms with Crippen LogP contribution in [0.25, 0.3) is 0 Å². The molecule has 2 heterocycles. The quantitative estimate of drug-likeness (QED) is 0.780. The first-order valence-corrected chi connectivity index (χ1v) is 6.64. The van der Waals surface area contributed by atoms with Gasteiger partial charge in [-0.15, -0.1) is 0 Å². The molecule has 3 rings (SSSR count). The molecule has 2 fully saturated rings. The minimum Gasteiger partial charge on any atom is -0.378 e. The molecule has 2 saturated heterocycles. The fraction of sp³-hybridized carbons (Fsp3) is 0.467. The van der Waals surface area contributed by atoms with Crippen LogP contribution in [0.3, 0.4) is 0 Å². The van der Waals surface area contributed by atoms with Crippen molar-refractivity contribution in [3.05, 3.63) is 35.9 Å². The SMILES string of the molecule is CC1OCCC12CC(=O)NC(=O)C2c1ccccc1. The van der Waals surface area contributed by atoms with Gasteiger partial charge in [0.1, 0.15) is 0 Å². The maximum atomic E-state index is 12.3. The summed E-state index contributed by atoms with van der Waals surface area (Å²) in [7, 11) is 0. The zero-order valence-electron chi connectivity index (χ0n) is 10.9. The summed E-state index contributed by atoms with van der Waals surface area (Å²) in [5, 5.41) is 2.47. The highest BCUT2D eigenvalue weighted by atomic mass is 16.5. The molecule has 0 bridgehead atoms. The third-order valence-corrected chi connectivity index (χ3v) is 4.47. The Labute approximate surface area is 112 Å². The molecule has 3 atom stereocenters. The van der Waals surface area contributed by atoms with E-state index in [-0.39, 0.29) is 29.3 Å². The second-order valence-corrected chi connectivity index (χ2v) is 5.43. The summed E-state index contributed by atoms with van der Waals surface area (Å²) in [4.78, 5) is 24.1. The average Bonchev–Trinajstić information content (AvgIpc) is 2.71. The minimum absolute atomic E-state index is 0.0762. The van der Waals surface area contributed by atoms with Gasteiger partial charge in [0.25, 0.3) is 0 Å². The van der Waals surface area contributed by atoms with Crippen molar-refractivity contribution in [2.45, 2.75) is 31.8 Å². The molecule has 0 radical (unpaired) electrons. The van der Waals surface area contributed by atoms with E-state index < -0.39 is 0 Å². The van der Waals surface area contributed by atoms with Crippen LogP contribution in [0.2, 0.25) is 0 Å². The smallest absolute Gasteiger partial charge is 0.234 e. The van der Waals surface area contributed by atoms with E-state index in [0.717, 1.165) is 12.0 Å². The van der Waals surface area contributed by atoms with Gasteiger partial charge in [-0.1, -0.05) is 30.3 Å². The summed E-state index contributed by atoms with van der Waals surface area (Å²) in [5.41, 5.74) is 0.575. The van der Waals surface area contributed by atoms with Crippen LogP contribution in [0.5, 0.6) is 0 Å². The summed E-state index contributed by atoms with van der Waals surface area (Å²) < 4.78 is 5.66. The summed E-state index contributed by atoms with van der Waals surface area (Å²) in [5.74, 6) is -0.682. The van der Waals surface area contributed by atoms with Gasteiger partial charge in [0.15, 0.2) is 0 Å². The van der Waals surface area contributed by atoms with Crippen molar-refractivity contribution < 1.29 is 14.3 Å². The molecule has 1 spiro atoms. The number of amides is 2. The standard InChI is InChI=1S/C15H17NO3/c1-10-15(7-8-19-10)9-12(17)16-14(18)13(15)11-5-3-2-4-6-11/h2-6,10,13H,7-9H2,1H3,(H,16,17,18). The van der Waals surface area contributed by atoms with Crippen LogP contribution in [-0.4, -0.2) is 24.5 Å². The number of piperidine rings is 1. The molecule has 1 aromatic carbocycles. The number of imide groups is 1. The van der Waals surface area contributed by atoms with Gasteiger partial charge in [-0.25, -0.2) is 0 Å². The molecule has 1 aromatic rings. The number of benzene rings is 1. The first-order chi connectivity index (χ1) is 9.13. The molecule has 2 amide bonds. The van der Waals surface area contributed by atoms with Crippen molar-refractivity contribution in [1.82, 2.24) is 5.32 Å². The number of hydrogen-bond donors (Lipinski definition) is 1. The second kappa shape index (κ2) is 4.46. The molecule has 2 aliphatic rings. The first kappa shape index (κ1) is 12.4. The van der Waals surface area contributed by atoms with E-state index in [1.807, 2.05) is 37.3 Å². The second-order valence-electron chi connectivity index (χ2n) is 5.43. The maximum absolute atomic E-state index is 12.3. The van der Waals surface area contributed by atoms with Gasteiger partial charge in [-0.3, -0.25) is 14.9 Å². The third kappa shape index (κ3) is 1.87. The van der Waals surface area contributed by atoms with Crippen molar-refractivity contribution >= 4 is 11.8 Å². The van der Waals surface area contributed by atoms with Crippen LogP contribution in [0.4, 0.5) is 0 Å². The molecule has 2 aliphatic heterocycles. The molecular formula is C15H17NO3. The van der Waals surface area contributed by atoms with Gasteiger partial charge >= 0.3 is 0 Å². The lowest BCUT2D eigenvalue weighted by Gasteiger charge is -2.41. The fourth-order valence-electron chi connectivity index (χ4n) is 3.45. The van der Waals surface area contributed by atoms with Crippen molar-refractivity contribution in [3.63, 3.8) is 0 Å². The zero-order chi connectivity index (χ0) is 13.5. The monoisotopic (exact) mass is 259 g/mol. The van der Waals surface area contributed by atoms with Crippen LogP contribution in [0, 0.1) is 5.41 Å². The van der Waals surface area contributed by atoms with E-state index in [4.69, 9.17) is 4.74 Å². The van der Waals surface area contributed by atoms with Gasteiger partial charge < -0.3 is 4.74 Å². The summed E-state index contributed by atoms with van der Waals surface area (Å²) in [6, 6.07) is 9.68. The topological polar surface area (TPSA) is 55.4 Å². The molecular weight excluding hydrogens is 242 g/mol. The summed E-state index contributed by atoms with van der Waals surface area (Å²) in [6.07, 6.45) is 1.04. The van der Waals surface area contributed by atoms with Crippen molar-refractivity contribution in [2.75, 3.05) is 6.61 Å². The minimum atomic E-state index is -0.388. The van der Waals surface area contributed by atoms with Crippen LogP contribution in [0.15, 0.2) is 30.3 Å². The molecule has 3 unspecified atom stereocenters. The lowest BCUT2D eigenvalue weighted by Crippen LogP contribution is -2.53. The van der Waals surface area contributed by atoms with E-state index in [9.17, 15) is 9.59 Å². The molecule has 0 aromatic heterocycles. The van der Waals surface area contributed by atoms with Gasteiger partial charge in [0, 0.05) is 18.4 Å². The van der Waals surface area contributed by atoms with Crippen molar-refractivity contribution in [3.8, 4) is 0 Å². The zero-order valence-corrected chi connectivity index (χ0v) is 10.9. The van der Waals surface area contributed by atoms with Gasteiger partial charge in [0.05, 0.1) is 12.0 Å². The predicted octanol–water partition coefficient (Wildman–Crippen LogP) is 1.61. The van der Waals surface area contributed by atoms with Crippen LogP contribution in [-0.2, 0) is 14.3 Å². The number of rotatable bonds is 1. The Balaban J connectivity index is 2.07. The van der Waals surface area contributed by atoms with E-state index in [2.05, 4.69) is 5.32 Å². The van der Waals surface area contributed by atoms with Crippen LogP contribution < -0.4 is 5.32 Å². The molecule has 4 heteroatoms. The molecule has 1 N–H and O–H groups in total. The van der Waals surface area contributed by atoms with Crippen molar-refractivity contribution in [2.24, 2.45) is 5.41 Å². The van der Waals surface area contributed by atoms with E-state index in [0.29, 0.717) is 13.0 Å². The Morgan fingerprint density at radius 1 is 1.26 bits per heavy atom. The first-order valence-electron chi connectivity index (χ1n) is 6.64. The Hall–Kier alpha value is -1.68. The molecule has 4 nitrogen and oxygen atoms in total. The third-order valence-electron chi connectivity index (χ3n) is 4.47. The van der Waals surface area contributed by atoms with Crippen molar-refractivity contribution in [1.29, 1.82) is 0 Å². The average molecular weight is 259 g/mol. The van der Waals surface area contributed by atoms with Gasteiger partial charge in [-0.05, 0) is 18.9 Å². The Morgan fingerprint density at radius 2 is 2.00 bits per heavy atom. The highest BCUT2D eigenvalue weighted by molar-refractivity contribution is 6.02. The van der Waals surface area contributed by atoms with Crippen LogP contribution >= 0.6 is 0 Å². The van der Waals surface area contributed by atoms with Gasteiger partial charge in [-0.2, -0.15) is 0 Å². The highest BCUT2D eigenvalue weighted by Crippen LogP contribution is 2.51. The van der Waals surface area contributed by atoms with E-state index in [1.54, 1.807) is 0 Å². The molecule has 19 heavy (non-hydrogen) atoms. The molecule has 100 valence electrons. The van der Waals surface area contributed by atoms with E-state index >= 15 is 0 Å². The largest absolute Gasteiger partial charge is 0.378 e. The summed E-state index contributed by atoms with van der Waals surface area (Å²) in [6.45, 7) is 2.58. The van der Waals surface area contributed by atoms with Gasteiger partial charge in [0.2, 0.25) is 11.8 Å². The Morgan fingerprint density at radius 3 is 2.63 bits per heavy atom. The Kier molecular flexibility index (Phi) is 2.90. The number of nitrogens with one attached hydrogen (secondary N) is 1. The number of carbonyl (C=O) groups excluding carboxylic acids is 2. The fourth-order valence-corrected chi connectivity index (χ4v) is 3.45.